The van der Waals surface area contributed by atoms with Crippen LogP contribution in [0.15, 0.2) is 53.2 Å². The molecule has 0 radical (unpaired) electrons. The first-order valence-corrected chi connectivity index (χ1v) is 11.8. The van der Waals surface area contributed by atoms with Crippen molar-refractivity contribution < 1.29 is 27.9 Å². The van der Waals surface area contributed by atoms with Crippen molar-refractivity contribution in [2.75, 3.05) is 0 Å². The van der Waals surface area contributed by atoms with Crippen molar-refractivity contribution in [1.82, 2.24) is 9.88 Å². The summed E-state index contributed by atoms with van der Waals surface area (Å²) in [6.45, 7) is 2.11. The Morgan fingerprint density at radius 3 is 2.57 bits per heavy atom. The number of nitrogens with zero attached hydrogens (tertiary/aromatic N) is 1. The molecule has 0 spiro atoms. The first-order valence-electron chi connectivity index (χ1n) is 11.4. The van der Waals surface area contributed by atoms with Gasteiger partial charge in [-0.25, -0.2) is 0 Å². The molecular weight excluding hydrogens is 481 g/mol. The van der Waals surface area contributed by atoms with Gasteiger partial charge in [0.1, 0.15) is 0 Å². The van der Waals surface area contributed by atoms with E-state index in [2.05, 4.69) is 5.32 Å². The van der Waals surface area contributed by atoms with Crippen LogP contribution < -0.4 is 5.32 Å². The summed E-state index contributed by atoms with van der Waals surface area (Å²) in [6.07, 6.45) is 1.99. The molecule has 182 valence electrons. The van der Waals surface area contributed by atoms with Gasteiger partial charge in [-0.2, -0.15) is 13.2 Å². The molecule has 6 rings (SSSR count). The van der Waals surface area contributed by atoms with Gasteiger partial charge in [-0.1, -0.05) is 35.4 Å². The molecule has 5 nitrogen and oxygen atoms in total. The number of allylic oxidation sites excluding steroid dienone is 1. The predicted octanol–water partition coefficient (Wildman–Crippen LogP) is 4.94. The summed E-state index contributed by atoms with van der Waals surface area (Å²) in [7, 11) is 0. The Balaban J connectivity index is 1.27. The first kappa shape index (κ1) is 22.5. The number of amides is 1. The fraction of sp³-hybridized carbons (Fsp3) is 0.385. The van der Waals surface area contributed by atoms with Crippen LogP contribution in [0.3, 0.4) is 0 Å². The van der Waals surface area contributed by atoms with Crippen LogP contribution in [0.25, 0.3) is 6.08 Å². The zero-order valence-electron chi connectivity index (χ0n) is 18.7. The van der Waals surface area contributed by atoms with Gasteiger partial charge in [0.2, 0.25) is 5.91 Å². The fourth-order valence-electron chi connectivity index (χ4n) is 6.59. The van der Waals surface area contributed by atoms with Crippen LogP contribution in [0, 0.1) is 17.3 Å². The lowest BCUT2D eigenvalue weighted by molar-refractivity contribution is -0.143. The second-order valence-corrected chi connectivity index (χ2v) is 10.8. The number of fused-ring (bicyclic) bond motifs is 2. The van der Waals surface area contributed by atoms with Crippen molar-refractivity contribution in [2.24, 2.45) is 17.3 Å². The third kappa shape index (κ3) is 3.08. The molecule has 0 saturated heterocycles. The lowest BCUT2D eigenvalue weighted by atomic mass is 9.76. The molecule has 1 amide bonds. The van der Waals surface area contributed by atoms with E-state index in [1.54, 1.807) is 6.08 Å². The number of alkyl halides is 3. The monoisotopic (exact) mass is 502 g/mol. The maximum absolute atomic E-state index is 13.7. The highest BCUT2D eigenvalue weighted by molar-refractivity contribution is 6.32. The number of carboxylic acid groups (broad SMARTS) is 1. The van der Waals surface area contributed by atoms with Gasteiger partial charge >= 0.3 is 12.1 Å². The van der Waals surface area contributed by atoms with Crippen molar-refractivity contribution in [1.29, 1.82) is 0 Å². The molecule has 1 aromatic carbocycles. The minimum atomic E-state index is -4.40. The number of benzene rings is 1. The number of carbonyl (C=O) groups is 2. The topological polar surface area (TPSA) is 71.3 Å². The molecule has 2 aromatic rings. The van der Waals surface area contributed by atoms with E-state index in [1.165, 1.54) is 12.1 Å². The normalized spacial score (nSPS) is 32.1. The largest absolute Gasteiger partial charge is 0.481 e. The van der Waals surface area contributed by atoms with E-state index in [9.17, 15) is 27.9 Å². The molecule has 2 saturated carbocycles. The quantitative estimate of drug-likeness (QED) is 0.569. The van der Waals surface area contributed by atoms with Gasteiger partial charge in [0, 0.05) is 47.8 Å². The molecule has 9 heteroatoms. The number of aliphatic carboxylic acids is 1. The fourth-order valence-corrected chi connectivity index (χ4v) is 6.98. The summed E-state index contributed by atoms with van der Waals surface area (Å²) >= 11 is 6.43. The van der Waals surface area contributed by atoms with Crippen LogP contribution in [0.5, 0.6) is 0 Å². The van der Waals surface area contributed by atoms with Gasteiger partial charge in [0.05, 0.1) is 16.4 Å². The SMILES string of the molecule is CC1(C(=O)NC2CC3=CC4(C(=O)O)[C@H]2[C@H]34)CC(Cl)=Cc2ccn(Cc3ccc(C(F)(F)F)cc3)c21. The van der Waals surface area contributed by atoms with Crippen LogP contribution in [0.4, 0.5) is 13.2 Å². The Morgan fingerprint density at radius 2 is 1.94 bits per heavy atom. The number of hydrogen-bond donors (Lipinski definition) is 2. The maximum Gasteiger partial charge on any atom is 0.416 e. The smallest absolute Gasteiger partial charge is 0.416 e. The second-order valence-electron chi connectivity index (χ2n) is 10.3. The van der Waals surface area contributed by atoms with Gasteiger partial charge in [-0.15, -0.1) is 0 Å². The van der Waals surface area contributed by atoms with E-state index in [1.807, 2.05) is 29.8 Å². The molecule has 2 fully saturated rings. The Kier molecular flexibility index (Phi) is 4.51. The Hall–Kier alpha value is -3.00. The Labute approximate surface area is 204 Å². The summed E-state index contributed by atoms with van der Waals surface area (Å²) in [4.78, 5) is 25.4. The third-order valence-electron chi connectivity index (χ3n) is 8.20. The van der Waals surface area contributed by atoms with Crippen LogP contribution >= 0.6 is 11.6 Å². The number of nitrogens with one attached hydrogen (secondary N) is 1. The molecule has 2 N–H and O–H groups in total. The van der Waals surface area contributed by atoms with Crippen LogP contribution in [-0.2, 0) is 27.7 Å². The summed E-state index contributed by atoms with van der Waals surface area (Å²) in [5, 5.41) is 13.3. The molecule has 1 aromatic heterocycles. The first-order chi connectivity index (χ1) is 16.4. The molecular formula is C26H22ClF3N2O3. The zero-order valence-corrected chi connectivity index (χ0v) is 19.5. The summed E-state index contributed by atoms with van der Waals surface area (Å²) in [5.41, 5.74) is 0.767. The average Bonchev–Trinajstić information content (AvgIpc) is 2.97. The number of carbonyl (C=O) groups excluding carboxylic acids is 1. The van der Waals surface area contributed by atoms with Gasteiger partial charge in [0.15, 0.2) is 0 Å². The van der Waals surface area contributed by atoms with Gasteiger partial charge in [-0.05, 0) is 48.7 Å². The number of hydrogen-bond acceptors (Lipinski definition) is 2. The van der Waals surface area contributed by atoms with Gasteiger partial charge in [-0.3, -0.25) is 9.59 Å². The van der Waals surface area contributed by atoms with E-state index in [-0.39, 0.29) is 30.2 Å². The molecule has 4 aliphatic carbocycles. The molecule has 1 heterocycles. The van der Waals surface area contributed by atoms with Gasteiger partial charge < -0.3 is 15.0 Å². The molecule has 3 unspecified atom stereocenters. The summed E-state index contributed by atoms with van der Waals surface area (Å²) in [6, 6.07) is 6.60. The van der Waals surface area contributed by atoms with Crippen molar-refractivity contribution in [3.63, 3.8) is 0 Å². The highest BCUT2D eigenvalue weighted by Gasteiger charge is 2.80. The van der Waals surface area contributed by atoms with E-state index in [0.717, 1.165) is 29.0 Å². The highest BCUT2D eigenvalue weighted by Crippen LogP contribution is 2.77. The Bertz CT molecular complexity index is 1340. The summed E-state index contributed by atoms with van der Waals surface area (Å²) in [5.74, 6) is -1.13. The average molecular weight is 503 g/mol. The molecule has 4 aliphatic rings. The van der Waals surface area contributed by atoms with E-state index in [0.29, 0.717) is 23.6 Å². The standard InChI is InChI=1S/C26H22ClF3N2O3/c1-24(22(33)31-18-9-15-10-25(23(34)35)19(15)20(18)25)11-17(27)8-14-6-7-32(21(14)24)12-13-2-4-16(5-3-13)26(28,29)30/h2-8,10,18-20H,9,11-12H2,1H3,(H,31,33)(H,34,35)/t18?,19-,20+,24?,25?/m0/s1. The van der Waals surface area contributed by atoms with E-state index < -0.39 is 28.5 Å². The van der Waals surface area contributed by atoms with Crippen molar-refractivity contribution in [2.45, 2.75) is 43.9 Å². The number of halogens is 4. The molecule has 35 heavy (non-hydrogen) atoms. The van der Waals surface area contributed by atoms with Gasteiger partial charge in [0.25, 0.3) is 0 Å². The minimum Gasteiger partial charge on any atom is -0.481 e. The molecule has 0 bridgehead atoms. The number of carboxylic acids is 1. The van der Waals surface area contributed by atoms with Crippen LogP contribution in [0.1, 0.15) is 42.1 Å². The van der Waals surface area contributed by atoms with E-state index in [4.69, 9.17) is 11.6 Å². The highest BCUT2D eigenvalue weighted by atomic mass is 35.5. The maximum atomic E-state index is 13.7. The van der Waals surface area contributed by atoms with Crippen molar-refractivity contribution >= 4 is 29.6 Å². The lowest BCUT2D eigenvalue weighted by Crippen LogP contribution is -2.50. The van der Waals surface area contributed by atoms with Crippen molar-refractivity contribution in [3.05, 3.63) is 75.6 Å². The number of aromatic nitrogens is 1. The van der Waals surface area contributed by atoms with Crippen LogP contribution in [-0.4, -0.2) is 27.6 Å². The lowest BCUT2D eigenvalue weighted by Gasteiger charge is -2.36. The number of rotatable bonds is 5. The van der Waals surface area contributed by atoms with Crippen molar-refractivity contribution in [3.8, 4) is 0 Å². The summed E-state index contributed by atoms with van der Waals surface area (Å²) < 4.78 is 40.7. The van der Waals surface area contributed by atoms with E-state index >= 15 is 0 Å². The second kappa shape index (κ2) is 7.03. The minimum absolute atomic E-state index is 0.0343. The third-order valence-corrected chi connectivity index (χ3v) is 8.45. The zero-order chi connectivity index (χ0) is 24.9. The van der Waals surface area contributed by atoms with Crippen LogP contribution in [0.2, 0.25) is 0 Å². The Morgan fingerprint density at radius 1 is 1.23 bits per heavy atom. The molecule has 0 aliphatic heterocycles. The molecule has 5 atom stereocenters. The predicted molar refractivity (Wildman–Crippen MR) is 122 cm³/mol.